The van der Waals surface area contributed by atoms with Crippen molar-refractivity contribution < 1.29 is 9.47 Å². The molecule has 0 bridgehead atoms. The average Bonchev–Trinajstić information content (AvgIpc) is 3.44. The number of pyridine rings is 1. The number of thiazole rings is 1. The van der Waals surface area contributed by atoms with E-state index in [0.717, 1.165) is 52.8 Å². The molecule has 0 N–H and O–H groups in total. The lowest BCUT2D eigenvalue weighted by Crippen LogP contribution is -2.17. The summed E-state index contributed by atoms with van der Waals surface area (Å²) in [5, 5.41) is 2.11. The minimum Gasteiger partial charge on any atom is -0.497 e. The molecule has 0 saturated carbocycles. The second kappa shape index (κ2) is 9.41. The zero-order valence-corrected chi connectivity index (χ0v) is 17.7. The van der Waals surface area contributed by atoms with E-state index in [0.29, 0.717) is 0 Å². The topological polar surface area (TPSA) is 66.5 Å². The number of rotatable bonds is 8. The van der Waals surface area contributed by atoms with Gasteiger partial charge in [0.1, 0.15) is 11.5 Å². The first-order valence-electron chi connectivity index (χ1n) is 9.59. The van der Waals surface area contributed by atoms with E-state index < -0.39 is 0 Å². The van der Waals surface area contributed by atoms with Crippen LogP contribution in [0.25, 0.3) is 11.3 Å². The number of benzene rings is 1. The molecule has 0 unspecified atom stereocenters. The van der Waals surface area contributed by atoms with E-state index in [1.54, 1.807) is 44.1 Å². The number of aromatic nitrogens is 4. The number of imidazole rings is 1. The molecule has 0 amide bonds. The maximum Gasteiger partial charge on any atom is 0.190 e. The van der Waals surface area contributed by atoms with E-state index in [4.69, 9.17) is 14.5 Å². The van der Waals surface area contributed by atoms with E-state index >= 15 is 0 Å². The fraction of sp³-hybridized carbons (Fsp3) is 0.227. The van der Waals surface area contributed by atoms with Gasteiger partial charge in [0.05, 0.1) is 38.1 Å². The SMILES string of the molecule is COc1ccc(OC)c(-c2csc(=Nc3cccnc3)n2CCCn2ccnc2)c1. The maximum absolute atomic E-state index is 5.63. The molecule has 0 aliphatic heterocycles. The molecule has 4 aromatic rings. The Kier molecular flexibility index (Phi) is 6.24. The molecule has 4 rings (SSSR count). The van der Waals surface area contributed by atoms with Crippen LogP contribution in [0.2, 0.25) is 0 Å². The third-order valence-electron chi connectivity index (χ3n) is 4.71. The quantitative estimate of drug-likeness (QED) is 0.429. The van der Waals surface area contributed by atoms with Gasteiger partial charge in [-0.05, 0) is 36.8 Å². The predicted octanol–water partition coefficient (Wildman–Crippen LogP) is 4.15. The molecule has 3 aromatic heterocycles. The molecule has 8 heteroatoms. The molecule has 0 saturated heterocycles. The van der Waals surface area contributed by atoms with Gasteiger partial charge in [-0.25, -0.2) is 9.98 Å². The second-order valence-corrected chi connectivity index (χ2v) is 7.44. The third kappa shape index (κ3) is 4.44. The molecular formula is C22H23N5O2S. The Hall–Kier alpha value is -3.39. The number of hydrogen-bond donors (Lipinski definition) is 0. The number of aryl methyl sites for hydroxylation is 1. The summed E-state index contributed by atoms with van der Waals surface area (Å²) in [6.07, 6.45) is 10.1. The molecule has 154 valence electrons. The highest BCUT2D eigenvalue weighted by Gasteiger charge is 2.14. The zero-order chi connectivity index (χ0) is 20.8. The highest BCUT2D eigenvalue weighted by atomic mass is 32.1. The predicted molar refractivity (Wildman–Crippen MR) is 117 cm³/mol. The van der Waals surface area contributed by atoms with Crippen molar-refractivity contribution in [2.24, 2.45) is 4.99 Å². The Labute approximate surface area is 178 Å². The van der Waals surface area contributed by atoms with Crippen molar-refractivity contribution in [1.82, 2.24) is 19.1 Å². The Bertz CT molecular complexity index is 1150. The summed E-state index contributed by atoms with van der Waals surface area (Å²) in [6, 6.07) is 9.68. The summed E-state index contributed by atoms with van der Waals surface area (Å²) in [4.78, 5) is 14.0. The van der Waals surface area contributed by atoms with Crippen molar-refractivity contribution in [2.75, 3.05) is 14.2 Å². The van der Waals surface area contributed by atoms with Gasteiger partial charge >= 0.3 is 0 Å². The first-order chi connectivity index (χ1) is 14.8. The summed E-state index contributed by atoms with van der Waals surface area (Å²) in [5.41, 5.74) is 2.85. The van der Waals surface area contributed by atoms with Gasteiger partial charge in [0.15, 0.2) is 4.80 Å². The molecule has 7 nitrogen and oxygen atoms in total. The van der Waals surface area contributed by atoms with Gasteiger partial charge in [0.2, 0.25) is 0 Å². The van der Waals surface area contributed by atoms with Crippen LogP contribution in [0.15, 0.2) is 71.8 Å². The Morgan fingerprint density at radius 3 is 2.73 bits per heavy atom. The van der Waals surface area contributed by atoms with Crippen molar-refractivity contribution >= 4 is 17.0 Å². The molecule has 0 aliphatic carbocycles. The van der Waals surface area contributed by atoms with Crippen LogP contribution in [0.5, 0.6) is 11.5 Å². The number of ether oxygens (including phenoxy) is 2. The van der Waals surface area contributed by atoms with Gasteiger partial charge < -0.3 is 18.6 Å². The molecule has 0 fully saturated rings. The van der Waals surface area contributed by atoms with E-state index in [9.17, 15) is 0 Å². The fourth-order valence-electron chi connectivity index (χ4n) is 3.23. The minimum absolute atomic E-state index is 0.785. The molecule has 0 spiro atoms. The van der Waals surface area contributed by atoms with Crippen LogP contribution in [0.4, 0.5) is 5.69 Å². The maximum atomic E-state index is 5.63. The lowest BCUT2D eigenvalue weighted by atomic mass is 10.1. The van der Waals surface area contributed by atoms with Crippen LogP contribution in [-0.4, -0.2) is 33.3 Å². The Morgan fingerprint density at radius 1 is 1.07 bits per heavy atom. The Morgan fingerprint density at radius 2 is 2.00 bits per heavy atom. The van der Waals surface area contributed by atoms with Crippen molar-refractivity contribution in [3.63, 3.8) is 0 Å². The first-order valence-corrected chi connectivity index (χ1v) is 10.5. The summed E-state index contributed by atoms with van der Waals surface area (Å²) in [5.74, 6) is 1.58. The minimum atomic E-state index is 0.785. The van der Waals surface area contributed by atoms with Crippen molar-refractivity contribution in [3.8, 4) is 22.8 Å². The molecule has 3 heterocycles. The molecule has 0 radical (unpaired) electrons. The molecular weight excluding hydrogens is 398 g/mol. The average molecular weight is 422 g/mol. The molecule has 0 atom stereocenters. The van der Waals surface area contributed by atoms with Crippen LogP contribution in [-0.2, 0) is 13.1 Å². The van der Waals surface area contributed by atoms with Gasteiger partial charge in [-0.2, -0.15) is 0 Å². The molecule has 1 aromatic carbocycles. The third-order valence-corrected chi connectivity index (χ3v) is 5.57. The van der Waals surface area contributed by atoms with Crippen LogP contribution >= 0.6 is 11.3 Å². The second-order valence-electron chi connectivity index (χ2n) is 6.60. The van der Waals surface area contributed by atoms with Crippen molar-refractivity contribution in [1.29, 1.82) is 0 Å². The number of nitrogens with zero attached hydrogens (tertiary/aromatic N) is 5. The van der Waals surface area contributed by atoms with Gasteiger partial charge in [0.25, 0.3) is 0 Å². The van der Waals surface area contributed by atoms with Crippen LogP contribution in [0.3, 0.4) is 0 Å². The first kappa shape index (κ1) is 19.9. The highest BCUT2D eigenvalue weighted by molar-refractivity contribution is 7.07. The smallest absolute Gasteiger partial charge is 0.190 e. The number of hydrogen-bond acceptors (Lipinski definition) is 6. The lowest BCUT2D eigenvalue weighted by Gasteiger charge is -2.14. The molecule has 30 heavy (non-hydrogen) atoms. The van der Waals surface area contributed by atoms with Gasteiger partial charge in [0, 0.05) is 42.6 Å². The summed E-state index contributed by atoms with van der Waals surface area (Å²) >= 11 is 1.60. The highest BCUT2D eigenvalue weighted by Crippen LogP contribution is 2.34. The molecule has 0 aliphatic rings. The van der Waals surface area contributed by atoms with E-state index in [-0.39, 0.29) is 0 Å². The van der Waals surface area contributed by atoms with Crippen molar-refractivity contribution in [3.05, 3.63) is 71.6 Å². The summed E-state index contributed by atoms with van der Waals surface area (Å²) < 4.78 is 15.4. The normalized spacial score (nSPS) is 11.6. The summed E-state index contributed by atoms with van der Waals surface area (Å²) in [6.45, 7) is 1.68. The lowest BCUT2D eigenvalue weighted by molar-refractivity contribution is 0.404. The van der Waals surface area contributed by atoms with Gasteiger partial charge in [-0.15, -0.1) is 11.3 Å². The van der Waals surface area contributed by atoms with Crippen LogP contribution in [0.1, 0.15) is 6.42 Å². The zero-order valence-electron chi connectivity index (χ0n) is 16.9. The van der Waals surface area contributed by atoms with E-state index in [2.05, 4.69) is 24.5 Å². The standard InChI is InChI=1S/C22H23N5O2S/c1-28-18-6-7-21(29-2)19(13-18)20-15-30-22(25-17-5-3-8-23-14-17)27(20)11-4-10-26-12-9-24-16-26/h3,5-9,12-16H,4,10-11H2,1-2H3. The summed E-state index contributed by atoms with van der Waals surface area (Å²) in [7, 11) is 3.35. The Balaban J connectivity index is 1.76. The van der Waals surface area contributed by atoms with E-state index in [1.165, 1.54) is 0 Å². The largest absolute Gasteiger partial charge is 0.497 e. The van der Waals surface area contributed by atoms with Gasteiger partial charge in [-0.3, -0.25) is 4.98 Å². The van der Waals surface area contributed by atoms with Crippen LogP contribution in [0, 0.1) is 0 Å². The monoisotopic (exact) mass is 421 g/mol. The van der Waals surface area contributed by atoms with Crippen molar-refractivity contribution in [2.45, 2.75) is 19.5 Å². The number of methoxy groups -OCH3 is 2. The van der Waals surface area contributed by atoms with Gasteiger partial charge in [-0.1, -0.05) is 0 Å². The van der Waals surface area contributed by atoms with Crippen LogP contribution < -0.4 is 14.3 Å². The van der Waals surface area contributed by atoms with E-state index in [1.807, 2.05) is 42.9 Å². The fourth-order valence-corrected chi connectivity index (χ4v) is 4.17.